The molecule has 0 heterocycles. The first-order valence-electron chi connectivity index (χ1n) is 8.30. The van der Waals surface area contributed by atoms with Crippen LogP contribution in [0.15, 0.2) is 60.7 Å². The van der Waals surface area contributed by atoms with Gasteiger partial charge in [0.2, 0.25) is 5.79 Å². The first kappa shape index (κ1) is 18.8. The zero-order chi connectivity index (χ0) is 18.4. The molecule has 0 aromatic heterocycles. The average Bonchev–Trinajstić information content (AvgIpc) is 2.60. The molecule has 2 rings (SSSR count). The molecule has 0 fully saturated rings. The minimum Gasteiger partial charge on any atom is -0.508 e. The Morgan fingerprint density at radius 1 is 0.840 bits per heavy atom. The van der Waals surface area contributed by atoms with Gasteiger partial charge in [-0.25, -0.2) is 0 Å². The summed E-state index contributed by atoms with van der Waals surface area (Å²) in [6.45, 7) is 7.89. The monoisotopic (exact) mass is 338 g/mol. The van der Waals surface area contributed by atoms with E-state index in [2.05, 4.69) is 26.0 Å². The van der Waals surface area contributed by atoms with Gasteiger partial charge in [0.25, 0.3) is 0 Å². The van der Waals surface area contributed by atoms with E-state index in [4.69, 9.17) is 9.47 Å². The molecule has 0 amide bonds. The van der Waals surface area contributed by atoms with Crippen molar-refractivity contribution in [2.75, 3.05) is 7.11 Å². The first-order chi connectivity index (χ1) is 11.8. The van der Waals surface area contributed by atoms with Gasteiger partial charge >= 0.3 is 0 Å². The van der Waals surface area contributed by atoms with Gasteiger partial charge in [-0.1, -0.05) is 36.4 Å². The summed E-state index contributed by atoms with van der Waals surface area (Å²) in [5.41, 5.74) is 4.53. The summed E-state index contributed by atoms with van der Waals surface area (Å²) in [4.78, 5) is 0. The van der Waals surface area contributed by atoms with Gasteiger partial charge in [-0.2, -0.15) is 0 Å². The summed E-state index contributed by atoms with van der Waals surface area (Å²) >= 11 is 0. The number of hydrogen-bond donors (Lipinski definition) is 1. The van der Waals surface area contributed by atoms with Crippen molar-refractivity contribution in [3.05, 3.63) is 71.8 Å². The van der Waals surface area contributed by atoms with E-state index in [9.17, 15) is 5.11 Å². The molecule has 132 valence electrons. The molecule has 0 unspecified atom stereocenters. The van der Waals surface area contributed by atoms with E-state index >= 15 is 0 Å². The number of ether oxygens (including phenoxy) is 2. The fourth-order valence-corrected chi connectivity index (χ4v) is 2.28. The number of methoxy groups -OCH3 is 1. The molecule has 0 saturated heterocycles. The van der Waals surface area contributed by atoms with Crippen LogP contribution in [0.5, 0.6) is 11.5 Å². The fraction of sp³-hybridized carbons (Fsp3) is 0.273. The molecule has 25 heavy (non-hydrogen) atoms. The van der Waals surface area contributed by atoms with Gasteiger partial charge in [0, 0.05) is 21.0 Å². The maximum atomic E-state index is 9.36. The maximum absolute atomic E-state index is 9.36. The van der Waals surface area contributed by atoms with E-state index in [1.807, 2.05) is 50.2 Å². The molecule has 2 aromatic rings. The number of allylic oxidation sites excluding steroid dienone is 4. The highest BCUT2D eigenvalue weighted by Crippen LogP contribution is 2.23. The minimum atomic E-state index is -0.642. The molecule has 1 N–H and O–H groups in total. The van der Waals surface area contributed by atoms with Gasteiger partial charge < -0.3 is 14.6 Å². The van der Waals surface area contributed by atoms with E-state index in [1.165, 1.54) is 0 Å². The summed E-state index contributed by atoms with van der Waals surface area (Å²) in [6.07, 6.45) is 4.18. The van der Waals surface area contributed by atoms with Crippen molar-refractivity contribution in [1.29, 1.82) is 0 Å². The Kier molecular flexibility index (Phi) is 6.05. The van der Waals surface area contributed by atoms with E-state index in [1.54, 1.807) is 19.2 Å². The molecule has 0 aliphatic heterocycles. The van der Waals surface area contributed by atoms with Gasteiger partial charge in [0.15, 0.2) is 0 Å². The second-order valence-electron chi connectivity index (χ2n) is 6.48. The molecule has 0 bridgehead atoms. The Hall–Kier alpha value is -2.52. The van der Waals surface area contributed by atoms with Crippen molar-refractivity contribution in [1.82, 2.24) is 0 Å². The standard InChI is InChI=1S/C22H26O3/c1-16(18-8-12-20(23)13-9-18)6-7-17(2)19-10-14-21(15-11-19)25-22(3,4)24-5/h6-15,23H,1-5H3. The van der Waals surface area contributed by atoms with Crippen LogP contribution in [0.2, 0.25) is 0 Å². The molecular formula is C22H26O3. The quantitative estimate of drug-likeness (QED) is 0.545. The van der Waals surface area contributed by atoms with Crippen LogP contribution < -0.4 is 4.74 Å². The summed E-state index contributed by atoms with van der Waals surface area (Å²) < 4.78 is 11.1. The second-order valence-corrected chi connectivity index (χ2v) is 6.48. The smallest absolute Gasteiger partial charge is 0.204 e. The Morgan fingerprint density at radius 3 is 1.72 bits per heavy atom. The van der Waals surface area contributed by atoms with Gasteiger partial charge in [-0.15, -0.1) is 0 Å². The Labute approximate surface area is 150 Å². The van der Waals surface area contributed by atoms with E-state index in [0.29, 0.717) is 0 Å². The number of phenolic OH excluding ortho intramolecular Hbond substituents is 1. The lowest BCUT2D eigenvalue weighted by Crippen LogP contribution is -2.30. The van der Waals surface area contributed by atoms with Crippen LogP contribution in [-0.4, -0.2) is 18.0 Å². The van der Waals surface area contributed by atoms with Crippen molar-refractivity contribution in [2.45, 2.75) is 33.5 Å². The van der Waals surface area contributed by atoms with Gasteiger partial charge in [0.05, 0.1) is 0 Å². The molecule has 0 spiro atoms. The van der Waals surface area contributed by atoms with Crippen molar-refractivity contribution in [3.8, 4) is 11.5 Å². The third kappa shape index (κ3) is 5.50. The maximum Gasteiger partial charge on any atom is 0.204 e. The SMILES string of the molecule is COC(C)(C)Oc1ccc(C(C)=CC=C(C)c2ccc(O)cc2)cc1. The van der Waals surface area contributed by atoms with Crippen molar-refractivity contribution in [3.63, 3.8) is 0 Å². The highest BCUT2D eigenvalue weighted by Gasteiger charge is 2.17. The average molecular weight is 338 g/mol. The van der Waals surface area contributed by atoms with Crippen LogP contribution in [0.4, 0.5) is 0 Å². The van der Waals surface area contributed by atoms with Crippen molar-refractivity contribution < 1.29 is 14.6 Å². The number of aromatic hydroxyl groups is 1. The Bertz CT molecular complexity index is 751. The molecule has 0 radical (unpaired) electrons. The molecule has 2 aromatic carbocycles. The number of hydrogen-bond acceptors (Lipinski definition) is 3. The van der Waals surface area contributed by atoms with Crippen LogP contribution in [0, 0.1) is 0 Å². The molecule has 3 heteroatoms. The van der Waals surface area contributed by atoms with Crippen LogP contribution >= 0.6 is 0 Å². The van der Waals surface area contributed by atoms with Crippen LogP contribution in [0.3, 0.4) is 0 Å². The molecule has 0 atom stereocenters. The third-order valence-electron chi connectivity index (χ3n) is 4.07. The number of phenols is 1. The molecule has 0 aliphatic rings. The predicted octanol–water partition coefficient (Wildman–Crippen LogP) is 5.66. The van der Waals surface area contributed by atoms with Gasteiger partial charge in [0.1, 0.15) is 11.5 Å². The molecule has 0 aliphatic carbocycles. The predicted molar refractivity (Wildman–Crippen MR) is 104 cm³/mol. The zero-order valence-electron chi connectivity index (χ0n) is 15.5. The lowest BCUT2D eigenvalue weighted by Gasteiger charge is -2.24. The normalized spacial score (nSPS) is 13.0. The minimum absolute atomic E-state index is 0.280. The summed E-state index contributed by atoms with van der Waals surface area (Å²) in [7, 11) is 1.63. The van der Waals surface area contributed by atoms with Crippen LogP contribution in [0.1, 0.15) is 38.8 Å². The van der Waals surface area contributed by atoms with Gasteiger partial charge in [-0.05, 0) is 60.4 Å². The first-order valence-corrected chi connectivity index (χ1v) is 8.30. The van der Waals surface area contributed by atoms with Gasteiger partial charge in [-0.3, -0.25) is 0 Å². The Balaban J connectivity index is 2.11. The Morgan fingerprint density at radius 2 is 1.28 bits per heavy atom. The highest BCUT2D eigenvalue weighted by molar-refractivity contribution is 5.71. The van der Waals surface area contributed by atoms with E-state index in [-0.39, 0.29) is 5.75 Å². The second kappa shape index (κ2) is 8.04. The fourth-order valence-electron chi connectivity index (χ4n) is 2.28. The van der Waals surface area contributed by atoms with E-state index < -0.39 is 5.79 Å². The van der Waals surface area contributed by atoms with Crippen molar-refractivity contribution in [2.24, 2.45) is 0 Å². The lowest BCUT2D eigenvalue weighted by molar-refractivity contribution is -0.134. The molecule has 0 saturated carbocycles. The zero-order valence-corrected chi connectivity index (χ0v) is 15.5. The van der Waals surface area contributed by atoms with Crippen LogP contribution in [0.25, 0.3) is 11.1 Å². The van der Waals surface area contributed by atoms with E-state index in [0.717, 1.165) is 28.0 Å². The number of benzene rings is 2. The largest absolute Gasteiger partial charge is 0.508 e. The third-order valence-corrected chi connectivity index (χ3v) is 4.07. The summed E-state index contributed by atoms with van der Waals surface area (Å²) in [5, 5.41) is 9.36. The summed E-state index contributed by atoms with van der Waals surface area (Å²) in [6, 6.07) is 15.2. The highest BCUT2D eigenvalue weighted by atomic mass is 16.7. The lowest BCUT2D eigenvalue weighted by atomic mass is 10.0. The van der Waals surface area contributed by atoms with Crippen molar-refractivity contribution >= 4 is 11.1 Å². The topological polar surface area (TPSA) is 38.7 Å². The molecular weight excluding hydrogens is 312 g/mol. The summed E-state index contributed by atoms with van der Waals surface area (Å²) in [5.74, 6) is 0.414. The molecule has 3 nitrogen and oxygen atoms in total. The van der Waals surface area contributed by atoms with Crippen LogP contribution in [-0.2, 0) is 4.74 Å². The number of rotatable bonds is 6.